The average molecular weight is 335 g/mol. The van der Waals surface area contributed by atoms with Crippen molar-refractivity contribution >= 4 is 17.7 Å². The molecule has 0 radical (unpaired) electrons. The Bertz CT molecular complexity index is 711. The minimum Gasteiger partial charge on any atom is -0.343 e. The molecule has 1 aromatic carbocycles. The number of aromatic nitrogens is 2. The maximum absolute atomic E-state index is 14.1. The van der Waals surface area contributed by atoms with E-state index in [9.17, 15) is 9.18 Å². The summed E-state index contributed by atoms with van der Waals surface area (Å²) in [6, 6.07) is 4.91. The Morgan fingerprint density at radius 3 is 2.78 bits per heavy atom. The number of benzene rings is 1. The molecule has 0 unspecified atom stereocenters. The van der Waals surface area contributed by atoms with Crippen LogP contribution in [0.2, 0.25) is 0 Å². The maximum atomic E-state index is 14.1. The van der Waals surface area contributed by atoms with E-state index in [1.54, 1.807) is 13.0 Å². The molecular weight excluding hydrogens is 317 g/mol. The number of nitrogens with zero attached hydrogens (tertiary/aromatic N) is 3. The molecule has 1 aromatic heterocycles. The molecule has 7 heteroatoms. The second kappa shape index (κ2) is 6.70. The molecule has 2 aromatic rings. The van der Waals surface area contributed by atoms with Crippen LogP contribution >= 0.6 is 11.8 Å². The fourth-order valence-corrected chi connectivity index (χ4v) is 3.44. The van der Waals surface area contributed by atoms with Crippen LogP contribution < -0.4 is 0 Å². The predicted octanol–water partition coefficient (Wildman–Crippen LogP) is 3.32. The summed E-state index contributed by atoms with van der Waals surface area (Å²) in [5.74, 6) is 0.674. The Hall–Kier alpha value is -1.89. The lowest BCUT2D eigenvalue weighted by atomic mass is 9.97. The number of thioether (sulfide) groups is 1. The zero-order valence-corrected chi connectivity index (χ0v) is 13.9. The third-order valence-corrected chi connectivity index (χ3v) is 4.93. The molecule has 0 spiro atoms. The lowest BCUT2D eigenvalue weighted by molar-refractivity contribution is -0.129. The molecule has 1 aliphatic heterocycles. The summed E-state index contributed by atoms with van der Waals surface area (Å²) in [5, 5.41) is 3.97. The van der Waals surface area contributed by atoms with Gasteiger partial charge in [-0.25, -0.2) is 4.39 Å². The third-order valence-electron chi connectivity index (χ3n) is 4.15. The first-order valence-corrected chi connectivity index (χ1v) is 8.74. The molecule has 1 aliphatic rings. The largest absolute Gasteiger partial charge is 0.343 e. The van der Waals surface area contributed by atoms with E-state index in [4.69, 9.17) is 4.52 Å². The van der Waals surface area contributed by atoms with Crippen molar-refractivity contribution in [3.63, 3.8) is 0 Å². The standard InChI is InChI=1S/C16H18FN3O2S/c1-10(21)20-8-6-11(7-9-20)16-18-15(19-22-16)14-12(17)4-3-5-13(14)23-2/h3-5,11H,6-9H2,1-2H3. The molecule has 3 rings (SSSR count). The highest BCUT2D eigenvalue weighted by atomic mass is 32.2. The van der Waals surface area contributed by atoms with Gasteiger partial charge in [-0.2, -0.15) is 4.98 Å². The molecule has 0 saturated carbocycles. The Balaban J connectivity index is 1.81. The smallest absolute Gasteiger partial charge is 0.230 e. The molecule has 0 atom stereocenters. The van der Waals surface area contributed by atoms with Crippen LogP contribution in [0.5, 0.6) is 0 Å². The summed E-state index contributed by atoms with van der Waals surface area (Å²) >= 11 is 1.45. The van der Waals surface area contributed by atoms with Gasteiger partial charge >= 0.3 is 0 Å². The van der Waals surface area contributed by atoms with Crippen LogP contribution in [-0.2, 0) is 4.79 Å². The van der Waals surface area contributed by atoms with Gasteiger partial charge in [0.2, 0.25) is 17.6 Å². The average Bonchev–Trinajstić information content (AvgIpc) is 3.04. The highest BCUT2D eigenvalue weighted by Crippen LogP contribution is 2.33. The number of carbonyl (C=O) groups excluding carboxylic acids is 1. The number of piperidine rings is 1. The summed E-state index contributed by atoms with van der Waals surface area (Å²) in [5.41, 5.74) is 0.385. The molecule has 2 heterocycles. The predicted molar refractivity (Wildman–Crippen MR) is 85.7 cm³/mol. The Morgan fingerprint density at radius 2 is 2.13 bits per heavy atom. The molecule has 0 bridgehead atoms. The number of carbonyl (C=O) groups is 1. The van der Waals surface area contributed by atoms with Crippen LogP contribution in [-0.4, -0.2) is 40.3 Å². The lowest BCUT2D eigenvalue weighted by Crippen LogP contribution is -2.36. The first kappa shape index (κ1) is 16.0. The van der Waals surface area contributed by atoms with E-state index in [0.717, 1.165) is 17.7 Å². The van der Waals surface area contributed by atoms with Gasteiger partial charge in [-0.15, -0.1) is 11.8 Å². The van der Waals surface area contributed by atoms with Crippen LogP contribution in [0, 0.1) is 5.82 Å². The van der Waals surface area contributed by atoms with E-state index in [1.165, 1.54) is 17.8 Å². The Morgan fingerprint density at radius 1 is 1.39 bits per heavy atom. The van der Waals surface area contributed by atoms with Gasteiger partial charge in [0.15, 0.2) is 0 Å². The van der Waals surface area contributed by atoms with E-state index in [-0.39, 0.29) is 23.5 Å². The quantitative estimate of drug-likeness (QED) is 0.805. The second-order valence-electron chi connectivity index (χ2n) is 5.55. The summed E-state index contributed by atoms with van der Waals surface area (Å²) in [6.07, 6.45) is 3.46. The van der Waals surface area contributed by atoms with Gasteiger partial charge in [-0.3, -0.25) is 4.79 Å². The van der Waals surface area contributed by atoms with E-state index in [0.29, 0.717) is 24.5 Å². The fourth-order valence-electron chi connectivity index (χ4n) is 2.84. The van der Waals surface area contributed by atoms with Gasteiger partial charge in [0.05, 0.1) is 5.56 Å². The van der Waals surface area contributed by atoms with Gasteiger partial charge < -0.3 is 9.42 Å². The first-order chi connectivity index (χ1) is 11.1. The van der Waals surface area contributed by atoms with Crippen LogP contribution in [0.25, 0.3) is 11.4 Å². The number of likely N-dealkylation sites (tertiary alicyclic amines) is 1. The summed E-state index contributed by atoms with van der Waals surface area (Å²) in [6.45, 7) is 2.95. The monoisotopic (exact) mass is 335 g/mol. The van der Waals surface area contributed by atoms with Crippen molar-refractivity contribution < 1.29 is 13.7 Å². The normalized spacial score (nSPS) is 15.9. The van der Waals surface area contributed by atoms with Crippen LogP contribution in [0.4, 0.5) is 4.39 Å². The SMILES string of the molecule is CSc1cccc(F)c1-c1noc(C2CCN(C(C)=O)CC2)n1. The van der Waals surface area contributed by atoms with Crippen molar-refractivity contribution in [1.29, 1.82) is 0 Å². The van der Waals surface area contributed by atoms with Gasteiger partial charge in [0.25, 0.3) is 0 Å². The Labute approximate surface area is 138 Å². The van der Waals surface area contributed by atoms with Crippen LogP contribution in [0.15, 0.2) is 27.6 Å². The molecule has 0 aliphatic carbocycles. The van der Waals surface area contributed by atoms with Crippen LogP contribution in [0.3, 0.4) is 0 Å². The van der Waals surface area contributed by atoms with Crippen molar-refractivity contribution in [2.75, 3.05) is 19.3 Å². The fraction of sp³-hybridized carbons (Fsp3) is 0.438. The molecule has 1 amide bonds. The van der Waals surface area contributed by atoms with E-state index in [2.05, 4.69) is 10.1 Å². The number of hydrogen-bond acceptors (Lipinski definition) is 5. The molecule has 23 heavy (non-hydrogen) atoms. The number of amides is 1. The first-order valence-electron chi connectivity index (χ1n) is 7.52. The molecule has 0 N–H and O–H groups in total. The van der Waals surface area contributed by atoms with E-state index < -0.39 is 0 Å². The molecular formula is C16H18FN3O2S. The van der Waals surface area contributed by atoms with Gasteiger partial charge in [0, 0.05) is 30.8 Å². The summed E-state index contributed by atoms with van der Waals surface area (Å²) in [7, 11) is 0. The number of halogens is 1. The highest BCUT2D eigenvalue weighted by Gasteiger charge is 2.27. The lowest BCUT2D eigenvalue weighted by Gasteiger charge is -2.29. The zero-order chi connectivity index (χ0) is 16.4. The van der Waals surface area contributed by atoms with Gasteiger partial charge in [-0.05, 0) is 31.2 Å². The van der Waals surface area contributed by atoms with Crippen molar-refractivity contribution in [2.24, 2.45) is 0 Å². The summed E-state index contributed by atoms with van der Waals surface area (Å²) in [4.78, 5) is 18.4. The topological polar surface area (TPSA) is 59.2 Å². The molecule has 1 fully saturated rings. The third kappa shape index (κ3) is 3.24. The minimum absolute atomic E-state index is 0.0886. The number of rotatable bonds is 3. The molecule has 5 nitrogen and oxygen atoms in total. The van der Waals surface area contributed by atoms with Crippen molar-refractivity contribution in [3.05, 3.63) is 29.9 Å². The maximum Gasteiger partial charge on any atom is 0.230 e. The van der Waals surface area contributed by atoms with E-state index >= 15 is 0 Å². The van der Waals surface area contributed by atoms with Crippen molar-refractivity contribution in [3.8, 4) is 11.4 Å². The van der Waals surface area contributed by atoms with Crippen molar-refractivity contribution in [1.82, 2.24) is 15.0 Å². The van der Waals surface area contributed by atoms with E-state index in [1.807, 2.05) is 17.2 Å². The zero-order valence-electron chi connectivity index (χ0n) is 13.1. The molecule has 1 saturated heterocycles. The van der Waals surface area contributed by atoms with Gasteiger partial charge in [-0.1, -0.05) is 11.2 Å². The molecule has 122 valence electrons. The number of hydrogen-bond donors (Lipinski definition) is 0. The Kier molecular flexibility index (Phi) is 4.66. The van der Waals surface area contributed by atoms with Gasteiger partial charge in [0.1, 0.15) is 5.82 Å². The van der Waals surface area contributed by atoms with Crippen molar-refractivity contribution in [2.45, 2.75) is 30.6 Å². The van der Waals surface area contributed by atoms with Crippen LogP contribution in [0.1, 0.15) is 31.6 Å². The minimum atomic E-state index is -0.351. The second-order valence-corrected chi connectivity index (χ2v) is 6.40. The summed E-state index contributed by atoms with van der Waals surface area (Å²) < 4.78 is 19.5. The highest BCUT2D eigenvalue weighted by molar-refractivity contribution is 7.98.